The van der Waals surface area contributed by atoms with Crippen LogP contribution in [0, 0.1) is 0 Å². The van der Waals surface area contributed by atoms with Gasteiger partial charge in [-0.3, -0.25) is 0 Å². The minimum absolute atomic E-state index is 0.339. The van der Waals surface area contributed by atoms with Gasteiger partial charge in [0.05, 0.1) is 0 Å². The van der Waals surface area contributed by atoms with Gasteiger partial charge in [-0.1, -0.05) is 84.9 Å². The number of hydrogen-bond donors (Lipinski definition) is 2. The molecule has 9 rings (SSSR count). The van der Waals surface area contributed by atoms with Gasteiger partial charge in [0.15, 0.2) is 0 Å². The molecule has 2 aromatic heterocycles. The first-order valence-electron chi connectivity index (χ1n) is 15.1. The van der Waals surface area contributed by atoms with Crippen LogP contribution >= 0.6 is 0 Å². The Morgan fingerprint density at radius 1 is 0.524 bits per heavy atom. The SMILES string of the molecule is CC1(c2ccccc2)c2cc3[nH]c4ccccc4c3cc2C(C)(c2ccccc2)c2cc3[nH]c4c(c3cc21)CCC=C4. The van der Waals surface area contributed by atoms with Crippen molar-refractivity contribution < 1.29 is 0 Å². The normalized spacial score (nSPS) is 21.0. The molecule has 2 heteroatoms. The van der Waals surface area contributed by atoms with Crippen molar-refractivity contribution in [3.8, 4) is 0 Å². The number of aromatic nitrogens is 2. The second-order valence-corrected chi connectivity index (χ2v) is 12.5. The van der Waals surface area contributed by atoms with Gasteiger partial charge < -0.3 is 9.97 Å². The molecule has 2 unspecified atom stereocenters. The zero-order valence-electron chi connectivity index (χ0n) is 24.0. The highest BCUT2D eigenvalue weighted by Gasteiger charge is 2.48. The summed E-state index contributed by atoms with van der Waals surface area (Å²) < 4.78 is 0. The van der Waals surface area contributed by atoms with Gasteiger partial charge in [0.25, 0.3) is 0 Å². The zero-order valence-corrected chi connectivity index (χ0v) is 24.0. The van der Waals surface area contributed by atoms with E-state index in [1.807, 2.05) is 0 Å². The van der Waals surface area contributed by atoms with Crippen molar-refractivity contribution in [3.05, 3.63) is 160 Å². The molecule has 7 aromatic rings. The molecule has 0 saturated heterocycles. The van der Waals surface area contributed by atoms with Gasteiger partial charge >= 0.3 is 0 Å². The highest BCUT2D eigenvalue weighted by atomic mass is 14.7. The van der Waals surface area contributed by atoms with E-state index in [9.17, 15) is 0 Å². The predicted molar refractivity (Wildman–Crippen MR) is 175 cm³/mol. The van der Waals surface area contributed by atoms with Crippen LogP contribution < -0.4 is 0 Å². The predicted octanol–water partition coefficient (Wildman–Crippen LogP) is 9.78. The fourth-order valence-electron chi connectivity index (χ4n) is 8.17. The number of rotatable bonds is 2. The standard InChI is InChI=1S/C40H32N2/c1-39(25-13-5-3-6-14-25)31-21-29-27-17-9-11-19-35(27)42-38(29)24-34(31)40(2,26-15-7-4-8-16-26)32-22-30-28-18-10-12-20-36(28)41-37(30)23-33(32)39/h3-9,11-17,19-24,41-42H,10,18H2,1-2H3. The Balaban J connectivity index is 1.48. The average Bonchev–Trinajstić information content (AvgIpc) is 3.60. The number of nitrogens with one attached hydrogen (secondary N) is 2. The molecular weight excluding hydrogens is 508 g/mol. The van der Waals surface area contributed by atoms with Gasteiger partial charge in [-0.25, -0.2) is 0 Å². The van der Waals surface area contributed by atoms with Crippen molar-refractivity contribution in [3.63, 3.8) is 0 Å². The highest BCUT2D eigenvalue weighted by Crippen LogP contribution is 2.57. The number of fused-ring (bicyclic) bond motifs is 8. The molecule has 0 spiro atoms. The molecule has 2 aliphatic carbocycles. The van der Waals surface area contributed by atoms with Crippen LogP contribution in [0.3, 0.4) is 0 Å². The Morgan fingerprint density at radius 3 is 1.74 bits per heavy atom. The first kappa shape index (κ1) is 23.8. The summed E-state index contributed by atoms with van der Waals surface area (Å²) in [4.78, 5) is 7.57. The number of hydrogen-bond acceptors (Lipinski definition) is 0. The van der Waals surface area contributed by atoms with E-state index < -0.39 is 0 Å². The van der Waals surface area contributed by atoms with Crippen LogP contribution in [0.2, 0.25) is 0 Å². The minimum Gasteiger partial charge on any atom is -0.355 e. The molecule has 0 saturated carbocycles. The molecule has 202 valence electrons. The fraction of sp³-hybridized carbons (Fsp3) is 0.150. The summed E-state index contributed by atoms with van der Waals surface area (Å²) in [7, 11) is 0. The van der Waals surface area contributed by atoms with Crippen LogP contribution in [-0.4, -0.2) is 9.97 Å². The summed E-state index contributed by atoms with van der Waals surface area (Å²) in [6.45, 7) is 4.89. The van der Waals surface area contributed by atoms with Gasteiger partial charge in [0, 0.05) is 49.2 Å². The highest BCUT2D eigenvalue weighted by molar-refractivity contribution is 6.08. The Hall–Kier alpha value is -4.82. The monoisotopic (exact) mass is 540 g/mol. The maximum absolute atomic E-state index is 3.80. The lowest BCUT2D eigenvalue weighted by atomic mass is 9.54. The third-order valence-electron chi connectivity index (χ3n) is 10.4. The summed E-state index contributed by atoms with van der Waals surface area (Å²) in [6.07, 6.45) is 6.74. The molecule has 42 heavy (non-hydrogen) atoms. The van der Waals surface area contributed by atoms with Crippen molar-refractivity contribution in [1.82, 2.24) is 9.97 Å². The Labute approximate surface area is 245 Å². The minimum atomic E-state index is -0.345. The first-order valence-corrected chi connectivity index (χ1v) is 15.1. The Bertz CT molecular complexity index is 2210. The van der Waals surface area contributed by atoms with E-state index in [2.05, 4.69) is 145 Å². The van der Waals surface area contributed by atoms with E-state index in [1.54, 1.807) is 0 Å². The molecule has 2 nitrogen and oxygen atoms in total. The summed E-state index contributed by atoms with van der Waals surface area (Å²) in [5.74, 6) is 0. The van der Waals surface area contributed by atoms with E-state index in [0.29, 0.717) is 0 Å². The van der Waals surface area contributed by atoms with Gasteiger partial charge in [-0.15, -0.1) is 0 Å². The number of H-pyrrole nitrogens is 2. The third kappa shape index (κ3) is 2.99. The lowest BCUT2D eigenvalue weighted by Gasteiger charge is -2.47. The lowest BCUT2D eigenvalue weighted by molar-refractivity contribution is 0.570. The topological polar surface area (TPSA) is 31.6 Å². The molecule has 5 aromatic carbocycles. The molecule has 2 aliphatic rings. The Morgan fingerprint density at radius 2 is 1.07 bits per heavy atom. The molecule has 0 aliphatic heterocycles. The van der Waals surface area contributed by atoms with Crippen LogP contribution in [0.5, 0.6) is 0 Å². The smallest absolute Gasteiger partial charge is 0.0468 e. The molecule has 2 N–H and O–H groups in total. The number of aromatic amines is 2. The van der Waals surface area contributed by atoms with Gasteiger partial charge in [-0.2, -0.15) is 0 Å². The van der Waals surface area contributed by atoms with E-state index >= 15 is 0 Å². The molecular formula is C40H32N2. The van der Waals surface area contributed by atoms with Gasteiger partial charge in [0.2, 0.25) is 0 Å². The summed E-state index contributed by atoms with van der Waals surface area (Å²) in [6, 6.07) is 40.9. The maximum Gasteiger partial charge on any atom is 0.0468 e. The average molecular weight is 541 g/mol. The first-order chi connectivity index (χ1) is 20.6. The second kappa shape index (κ2) is 8.36. The van der Waals surface area contributed by atoms with E-state index in [1.165, 1.54) is 77.3 Å². The van der Waals surface area contributed by atoms with Crippen molar-refractivity contribution in [2.45, 2.75) is 37.5 Å². The third-order valence-corrected chi connectivity index (χ3v) is 10.4. The molecule has 2 atom stereocenters. The summed E-state index contributed by atoms with van der Waals surface area (Å²) in [5.41, 5.74) is 13.8. The van der Waals surface area contributed by atoms with Gasteiger partial charge in [-0.05, 0) is 102 Å². The number of para-hydroxylation sites is 1. The van der Waals surface area contributed by atoms with Crippen LogP contribution in [0.25, 0.3) is 38.8 Å². The summed E-state index contributed by atoms with van der Waals surface area (Å²) >= 11 is 0. The van der Waals surface area contributed by atoms with Crippen LogP contribution in [-0.2, 0) is 17.3 Å². The van der Waals surface area contributed by atoms with Crippen molar-refractivity contribution in [2.24, 2.45) is 0 Å². The van der Waals surface area contributed by atoms with Crippen molar-refractivity contribution in [1.29, 1.82) is 0 Å². The summed E-state index contributed by atoms with van der Waals surface area (Å²) in [5, 5.41) is 3.92. The fourth-order valence-corrected chi connectivity index (χ4v) is 8.17. The van der Waals surface area contributed by atoms with Crippen LogP contribution in [0.1, 0.15) is 64.9 Å². The number of aryl methyl sites for hydroxylation is 1. The molecule has 2 heterocycles. The van der Waals surface area contributed by atoms with Crippen LogP contribution in [0.4, 0.5) is 0 Å². The zero-order chi connectivity index (χ0) is 28.1. The second-order valence-electron chi connectivity index (χ2n) is 12.5. The maximum atomic E-state index is 3.80. The Kier molecular flexibility index (Phi) is 4.75. The van der Waals surface area contributed by atoms with E-state index in [0.717, 1.165) is 12.8 Å². The van der Waals surface area contributed by atoms with E-state index in [-0.39, 0.29) is 10.8 Å². The molecule has 0 bridgehead atoms. The lowest BCUT2D eigenvalue weighted by Crippen LogP contribution is -2.41. The van der Waals surface area contributed by atoms with E-state index in [4.69, 9.17) is 0 Å². The molecule has 0 amide bonds. The van der Waals surface area contributed by atoms with Crippen LogP contribution in [0.15, 0.2) is 115 Å². The quantitative estimate of drug-likeness (QED) is 0.219. The van der Waals surface area contributed by atoms with Crippen molar-refractivity contribution in [2.75, 3.05) is 0 Å². The van der Waals surface area contributed by atoms with Crippen molar-refractivity contribution >= 4 is 38.8 Å². The molecule has 0 fully saturated rings. The number of allylic oxidation sites excluding steroid dienone is 1. The number of benzene rings is 5. The van der Waals surface area contributed by atoms with Gasteiger partial charge in [0.1, 0.15) is 0 Å². The largest absolute Gasteiger partial charge is 0.355 e. The molecule has 0 radical (unpaired) electrons.